The molecular formula is C14H18O4. The van der Waals surface area contributed by atoms with Crippen molar-refractivity contribution in [2.75, 3.05) is 13.2 Å². The number of carbonyl (C=O) groups excluding carboxylic acids is 1. The summed E-state index contributed by atoms with van der Waals surface area (Å²) in [5.41, 5.74) is 1.08. The average Bonchev–Trinajstić information content (AvgIpc) is 2.37. The third-order valence-electron chi connectivity index (χ3n) is 2.40. The first-order valence-corrected chi connectivity index (χ1v) is 5.92. The lowest BCUT2D eigenvalue weighted by molar-refractivity contribution is -0.142. The molecule has 0 saturated heterocycles. The minimum atomic E-state index is -0.239. The fraction of sp³-hybridized carbons (Fsp3) is 0.357. The van der Waals surface area contributed by atoms with Crippen molar-refractivity contribution in [1.82, 2.24) is 0 Å². The number of rotatable bonds is 7. The average molecular weight is 250 g/mol. The molecular weight excluding hydrogens is 232 g/mol. The van der Waals surface area contributed by atoms with Gasteiger partial charge in [-0.15, -0.1) is 0 Å². The molecule has 0 aliphatic heterocycles. The Morgan fingerprint density at radius 2 is 1.94 bits per heavy atom. The van der Waals surface area contributed by atoms with Crippen LogP contribution in [0.3, 0.4) is 0 Å². The van der Waals surface area contributed by atoms with E-state index in [9.17, 15) is 4.79 Å². The molecule has 0 atom stereocenters. The van der Waals surface area contributed by atoms with Gasteiger partial charge in [-0.25, -0.2) is 0 Å². The van der Waals surface area contributed by atoms with Crippen LogP contribution in [0.5, 0.6) is 5.75 Å². The minimum Gasteiger partial charge on any atom is -0.508 e. The van der Waals surface area contributed by atoms with Crippen LogP contribution in [0.15, 0.2) is 36.4 Å². The fourth-order valence-electron chi connectivity index (χ4n) is 1.46. The summed E-state index contributed by atoms with van der Waals surface area (Å²) in [4.78, 5) is 11.3. The van der Waals surface area contributed by atoms with E-state index in [1.54, 1.807) is 18.2 Å². The van der Waals surface area contributed by atoms with Crippen LogP contribution in [0.2, 0.25) is 0 Å². The quantitative estimate of drug-likeness (QED) is 0.572. The van der Waals surface area contributed by atoms with Gasteiger partial charge in [-0.2, -0.15) is 0 Å². The van der Waals surface area contributed by atoms with Crippen LogP contribution in [0.25, 0.3) is 0 Å². The molecule has 0 aliphatic carbocycles. The summed E-state index contributed by atoms with van der Waals surface area (Å²) in [6.45, 7) is 0.164. The summed E-state index contributed by atoms with van der Waals surface area (Å²) in [6.07, 6.45) is 5.00. The van der Waals surface area contributed by atoms with Crippen molar-refractivity contribution in [3.05, 3.63) is 42.0 Å². The van der Waals surface area contributed by atoms with Crippen molar-refractivity contribution in [2.24, 2.45) is 0 Å². The van der Waals surface area contributed by atoms with Gasteiger partial charge in [0.05, 0.1) is 6.61 Å². The summed E-state index contributed by atoms with van der Waals surface area (Å²) < 4.78 is 4.92. The Balaban J connectivity index is 2.15. The second kappa shape index (κ2) is 8.31. The highest BCUT2D eigenvalue weighted by molar-refractivity contribution is 5.69. The summed E-state index contributed by atoms with van der Waals surface area (Å²) in [7, 11) is 0. The Hall–Kier alpha value is -1.81. The highest BCUT2D eigenvalue weighted by Crippen LogP contribution is 2.11. The number of ether oxygens (including phenoxy) is 1. The van der Waals surface area contributed by atoms with E-state index in [1.165, 1.54) is 6.08 Å². The number of esters is 1. The molecule has 0 heterocycles. The first kappa shape index (κ1) is 14.3. The van der Waals surface area contributed by atoms with Gasteiger partial charge in [-0.1, -0.05) is 18.2 Å². The number of phenolic OH excluding ortho intramolecular Hbond substituents is 1. The van der Waals surface area contributed by atoms with Gasteiger partial charge in [0.25, 0.3) is 0 Å². The maximum atomic E-state index is 11.3. The van der Waals surface area contributed by atoms with Crippen LogP contribution in [0.1, 0.15) is 18.4 Å². The predicted molar refractivity (Wildman–Crippen MR) is 68.2 cm³/mol. The van der Waals surface area contributed by atoms with E-state index in [-0.39, 0.29) is 24.9 Å². The monoisotopic (exact) mass is 250 g/mol. The van der Waals surface area contributed by atoms with E-state index in [0.29, 0.717) is 12.8 Å². The van der Waals surface area contributed by atoms with Crippen molar-refractivity contribution in [2.45, 2.75) is 19.3 Å². The van der Waals surface area contributed by atoms with Crippen molar-refractivity contribution >= 4 is 5.97 Å². The molecule has 0 amide bonds. The zero-order chi connectivity index (χ0) is 13.2. The summed E-state index contributed by atoms with van der Waals surface area (Å²) in [6, 6.07) is 6.94. The zero-order valence-electron chi connectivity index (χ0n) is 10.2. The first-order valence-electron chi connectivity index (χ1n) is 5.92. The summed E-state index contributed by atoms with van der Waals surface area (Å²) >= 11 is 0. The Bertz CT molecular complexity index is 381. The van der Waals surface area contributed by atoms with Gasteiger partial charge in [0.1, 0.15) is 12.4 Å². The molecule has 1 aromatic carbocycles. The molecule has 18 heavy (non-hydrogen) atoms. The Morgan fingerprint density at radius 1 is 1.22 bits per heavy atom. The SMILES string of the molecule is O=C(CCCc1ccc(O)cc1)OCC=CCO. The van der Waals surface area contributed by atoms with E-state index in [2.05, 4.69) is 0 Å². The molecule has 1 rings (SSSR count). The molecule has 4 heteroatoms. The van der Waals surface area contributed by atoms with Crippen LogP contribution in [0.4, 0.5) is 0 Å². The van der Waals surface area contributed by atoms with Crippen molar-refractivity contribution in [1.29, 1.82) is 0 Å². The standard InChI is InChI=1S/C14H18O4/c15-10-1-2-11-18-14(17)5-3-4-12-6-8-13(16)9-7-12/h1-2,6-9,15-16H,3-5,10-11H2. The van der Waals surface area contributed by atoms with Gasteiger partial charge in [0.15, 0.2) is 0 Å². The number of aliphatic hydroxyl groups is 1. The normalized spacial score (nSPS) is 10.7. The Kier molecular flexibility index (Phi) is 6.58. The molecule has 98 valence electrons. The van der Waals surface area contributed by atoms with E-state index in [0.717, 1.165) is 12.0 Å². The molecule has 1 aromatic rings. The Labute approximate surface area is 107 Å². The predicted octanol–water partition coefficient (Wildman–Crippen LogP) is 1.81. The third-order valence-corrected chi connectivity index (χ3v) is 2.40. The van der Waals surface area contributed by atoms with Gasteiger partial charge in [-0.3, -0.25) is 4.79 Å². The Morgan fingerprint density at radius 3 is 2.61 bits per heavy atom. The highest BCUT2D eigenvalue weighted by Gasteiger charge is 2.02. The number of aromatic hydroxyl groups is 1. The molecule has 0 fully saturated rings. The number of aryl methyl sites for hydroxylation is 1. The first-order chi connectivity index (χ1) is 8.72. The van der Waals surface area contributed by atoms with Gasteiger partial charge < -0.3 is 14.9 Å². The number of carbonyl (C=O) groups is 1. The maximum absolute atomic E-state index is 11.3. The molecule has 0 radical (unpaired) electrons. The molecule has 0 bridgehead atoms. The van der Waals surface area contributed by atoms with E-state index < -0.39 is 0 Å². The van der Waals surface area contributed by atoms with E-state index in [4.69, 9.17) is 14.9 Å². The summed E-state index contributed by atoms with van der Waals surface area (Å²) in [5.74, 6) is 0.00481. The van der Waals surface area contributed by atoms with Crippen LogP contribution in [0, 0.1) is 0 Å². The molecule has 2 N–H and O–H groups in total. The second-order valence-electron chi connectivity index (χ2n) is 3.86. The number of hydrogen-bond acceptors (Lipinski definition) is 4. The van der Waals surface area contributed by atoms with Crippen LogP contribution < -0.4 is 0 Å². The van der Waals surface area contributed by atoms with Crippen LogP contribution in [-0.4, -0.2) is 29.4 Å². The van der Waals surface area contributed by atoms with Crippen molar-refractivity contribution in [3.63, 3.8) is 0 Å². The van der Waals surface area contributed by atoms with Crippen LogP contribution in [-0.2, 0) is 16.0 Å². The molecule has 0 saturated carbocycles. The molecule has 0 aliphatic rings. The van der Waals surface area contributed by atoms with Crippen molar-refractivity contribution < 1.29 is 19.7 Å². The minimum absolute atomic E-state index is 0.0433. The largest absolute Gasteiger partial charge is 0.508 e. The lowest BCUT2D eigenvalue weighted by atomic mass is 10.1. The lowest BCUT2D eigenvalue weighted by Crippen LogP contribution is -2.04. The number of aliphatic hydroxyl groups excluding tert-OH is 1. The smallest absolute Gasteiger partial charge is 0.306 e. The topological polar surface area (TPSA) is 66.8 Å². The number of phenols is 1. The second-order valence-corrected chi connectivity index (χ2v) is 3.86. The van der Waals surface area contributed by atoms with E-state index >= 15 is 0 Å². The van der Waals surface area contributed by atoms with E-state index in [1.807, 2.05) is 12.1 Å². The zero-order valence-corrected chi connectivity index (χ0v) is 10.2. The third kappa shape index (κ3) is 6.06. The molecule has 0 unspecified atom stereocenters. The highest BCUT2D eigenvalue weighted by atomic mass is 16.5. The lowest BCUT2D eigenvalue weighted by Gasteiger charge is -2.03. The molecule has 0 aromatic heterocycles. The molecule has 4 nitrogen and oxygen atoms in total. The van der Waals surface area contributed by atoms with Crippen molar-refractivity contribution in [3.8, 4) is 5.75 Å². The maximum Gasteiger partial charge on any atom is 0.306 e. The van der Waals surface area contributed by atoms with Gasteiger partial charge in [-0.05, 0) is 36.6 Å². The van der Waals surface area contributed by atoms with Crippen LogP contribution >= 0.6 is 0 Å². The molecule has 0 spiro atoms. The fourth-order valence-corrected chi connectivity index (χ4v) is 1.46. The number of benzene rings is 1. The van der Waals surface area contributed by atoms with Gasteiger partial charge in [0, 0.05) is 6.42 Å². The summed E-state index contributed by atoms with van der Waals surface area (Å²) in [5, 5.41) is 17.6. The van der Waals surface area contributed by atoms with Gasteiger partial charge in [0.2, 0.25) is 0 Å². The van der Waals surface area contributed by atoms with Gasteiger partial charge >= 0.3 is 5.97 Å². The number of hydrogen-bond donors (Lipinski definition) is 2.